The molecule has 1 fully saturated rings. The number of aromatic amines is 1. The van der Waals surface area contributed by atoms with Gasteiger partial charge in [-0.05, 0) is 78.1 Å². The molecule has 1 heterocycles. The lowest BCUT2D eigenvalue weighted by Crippen LogP contribution is -2.45. The molecule has 9 nitrogen and oxygen atoms in total. The van der Waals surface area contributed by atoms with E-state index in [4.69, 9.17) is 11.6 Å². The Morgan fingerprint density at radius 1 is 1.02 bits per heavy atom. The number of aromatic nitrogens is 4. The SMILES string of the molecule is C.CC(C)(C)C1CCC(N(Cc2ccc(C(=O)Nc3nn[nH]n3)cc2)C(=O)Nc2cc(C(F)(F)F)ccc2Cl)CC1. The van der Waals surface area contributed by atoms with Gasteiger partial charge in [-0.25, -0.2) is 4.79 Å². The summed E-state index contributed by atoms with van der Waals surface area (Å²) in [6.07, 6.45) is -1.20. The number of benzene rings is 2. The van der Waals surface area contributed by atoms with E-state index >= 15 is 0 Å². The van der Waals surface area contributed by atoms with Crippen molar-refractivity contribution in [1.82, 2.24) is 25.5 Å². The molecule has 222 valence electrons. The fraction of sp³-hybridized carbons (Fsp3) is 0.464. The number of amides is 3. The van der Waals surface area contributed by atoms with Gasteiger partial charge in [0.2, 0.25) is 0 Å². The van der Waals surface area contributed by atoms with Crippen LogP contribution in [0.4, 0.5) is 29.6 Å². The number of hydrogen-bond acceptors (Lipinski definition) is 5. The molecule has 3 aromatic rings. The third kappa shape index (κ3) is 8.18. The number of urea groups is 1. The Bertz CT molecular complexity index is 1320. The van der Waals surface area contributed by atoms with Crippen molar-refractivity contribution in [1.29, 1.82) is 0 Å². The van der Waals surface area contributed by atoms with Crippen LogP contribution in [0.2, 0.25) is 5.02 Å². The molecule has 1 saturated carbocycles. The van der Waals surface area contributed by atoms with Gasteiger partial charge in [-0.1, -0.05) is 57.0 Å². The molecular formula is C28H35ClF3N7O2. The van der Waals surface area contributed by atoms with Gasteiger partial charge in [-0.3, -0.25) is 10.1 Å². The Hall–Kier alpha value is -3.67. The number of alkyl halides is 3. The molecule has 1 aliphatic rings. The molecular weight excluding hydrogens is 559 g/mol. The van der Waals surface area contributed by atoms with Crippen LogP contribution in [0.5, 0.6) is 0 Å². The summed E-state index contributed by atoms with van der Waals surface area (Å²) in [5.41, 5.74) is 0.231. The van der Waals surface area contributed by atoms with Gasteiger partial charge in [0.15, 0.2) is 0 Å². The molecule has 1 aliphatic carbocycles. The molecule has 0 bridgehead atoms. The van der Waals surface area contributed by atoms with Crippen LogP contribution < -0.4 is 10.6 Å². The van der Waals surface area contributed by atoms with E-state index in [2.05, 4.69) is 52.0 Å². The molecule has 13 heteroatoms. The van der Waals surface area contributed by atoms with E-state index in [-0.39, 0.29) is 42.1 Å². The first-order chi connectivity index (χ1) is 18.8. The Morgan fingerprint density at radius 2 is 1.68 bits per heavy atom. The second-order valence-corrected chi connectivity index (χ2v) is 11.4. The average Bonchev–Trinajstić information content (AvgIpc) is 3.41. The van der Waals surface area contributed by atoms with Crippen molar-refractivity contribution in [2.75, 3.05) is 10.6 Å². The predicted octanol–water partition coefficient (Wildman–Crippen LogP) is 7.40. The van der Waals surface area contributed by atoms with Crippen molar-refractivity contribution in [3.8, 4) is 0 Å². The molecule has 1 aromatic heterocycles. The lowest BCUT2D eigenvalue weighted by Gasteiger charge is -2.41. The summed E-state index contributed by atoms with van der Waals surface area (Å²) in [7, 11) is 0. The van der Waals surface area contributed by atoms with Gasteiger partial charge < -0.3 is 10.2 Å². The smallest absolute Gasteiger partial charge is 0.317 e. The molecule has 4 rings (SSSR count). The van der Waals surface area contributed by atoms with Crippen LogP contribution in [-0.4, -0.2) is 43.5 Å². The summed E-state index contributed by atoms with van der Waals surface area (Å²) in [5.74, 6) is 0.113. The quantitative estimate of drug-likeness (QED) is 0.275. The molecule has 0 saturated heterocycles. The topological polar surface area (TPSA) is 116 Å². The third-order valence-corrected chi connectivity index (χ3v) is 7.63. The highest BCUT2D eigenvalue weighted by Gasteiger charge is 2.35. The van der Waals surface area contributed by atoms with Crippen molar-refractivity contribution in [3.63, 3.8) is 0 Å². The molecule has 2 aromatic carbocycles. The minimum atomic E-state index is -4.58. The normalized spacial score (nSPS) is 17.3. The molecule has 3 N–H and O–H groups in total. The summed E-state index contributed by atoms with van der Waals surface area (Å²) in [4.78, 5) is 27.6. The molecule has 41 heavy (non-hydrogen) atoms. The van der Waals surface area contributed by atoms with Gasteiger partial charge in [0.25, 0.3) is 11.9 Å². The Labute approximate surface area is 242 Å². The van der Waals surface area contributed by atoms with Crippen LogP contribution in [0, 0.1) is 11.3 Å². The fourth-order valence-corrected chi connectivity index (χ4v) is 5.12. The third-order valence-electron chi connectivity index (χ3n) is 7.30. The number of hydrogen-bond donors (Lipinski definition) is 3. The van der Waals surface area contributed by atoms with E-state index in [0.717, 1.165) is 49.4 Å². The van der Waals surface area contributed by atoms with Crippen LogP contribution in [0.15, 0.2) is 42.5 Å². The molecule has 0 radical (unpaired) electrons. The molecule has 0 unspecified atom stereocenters. The van der Waals surface area contributed by atoms with Gasteiger partial charge in [-0.15, -0.1) is 5.10 Å². The maximum atomic E-state index is 13.5. The van der Waals surface area contributed by atoms with Crippen molar-refractivity contribution in [3.05, 3.63) is 64.2 Å². The Morgan fingerprint density at radius 3 is 2.24 bits per heavy atom. The fourth-order valence-electron chi connectivity index (χ4n) is 4.95. The van der Waals surface area contributed by atoms with Gasteiger partial charge in [-0.2, -0.15) is 18.4 Å². The van der Waals surface area contributed by atoms with Crippen LogP contribution in [0.25, 0.3) is 0 Å². The number of halogens is 4. The van der Waals surface area contributed by atoms with Crippen LogP contribution >= 0.6 is 11.6 Å². The predicted molar refractivity (Wildman–Crippen MR) is 152 cm³/mol. The van der Waals surface area contributed by atoms with E-state index in [0.29, 0.717) is 11.5 Å². The lowest BCUT2D eigenvalue weighted by atomic mass is 9.71. The van der Waals surface area contributed by atoms with Gasteiger partial charge in [0, 0.05) is 18.2 Å². The van der Waals surface area contributed by atoms with Gasteiger partial charge in [0.1, 0.15) is 0 Å². The molecule has 0 aliphatic heterocycles. The standard InChI is InChI=1S/C27H31ClF3N7O2.CH4/c1-26(2,3)18-8-11-20(12-9-18)38(25(40)32-22-14-19(27(29,30)31)10-13-21(22)28)15-16-4-6-17(7-5-16)23(39)33-24-34-36-37-35-24;/h4-7,10,13-14,18,20H,8-9,11-12,15H2,1-3H3,(H,32,40)(H2,33,34,35,36,37,39);1H4. The highest BCUT2D eigenvalue weighted by atomic mass is 35.5. The number of anilines is 2. The maximum Gasteiger partial charge on any atom is 0.416 e. The number of H-pyrrole nitrogens is 1. The van der Waals surface area contributed by atoms with E-state index in [1.807, 2.05) is 0 Å². The first-order valence-corrected chi connectivity index (χ1v) is 13.3. The number of nitrogens with zero attached hydrogens (tertiary/aromatic N) is 4. The molecule has 0 spiro atoms. The van der Waals surface area contributed by atoms with Crippen LogP contribution in [-0.2, 0) is 12.7 Å². The monoisotopic (exact) mass is 593 g/mol. The average molecular weight is 594 g/mol. The summed E-state index contributed by atoms with van der Waals surface area (Å²) < 4.78 is 39.9. The number of rotatable bonds is 6. The highest BCUT2D eigenvalue weighted by Crippen LogP contribution is 2.40. The lowest BCUT2D eigenvalue weighted by molar-refractivity contribution is -0.137. The maximum absolute atomic E-state index is 13.5. The summed E-state index contributed by atoms with van der Waals surface area (Å²) in [5, 5.41) is 18.1. The Kier molecular flexibility index (Phi) is 10.0. The van der Waals surface area contributed by atoms with Crippen molar-refractivity contribution < 1.29 is 22.8 Å². The van der Waals surface area contributed by atoms with E-state index in [1.165, 1.54) is 0 Å². The number of carbonyl (C=O) groups is 2. The summed E-state index contributed by atoms with van der Waals surface area (Å²) in [6.45, 7) is 6.80. The zero-order chi connectivity index (χ0) is 29.1. The molecule has 3 amide bonds. The van der Waals surface area contributed by atoms with Crippen LogP contribution in [0.1, 0.15) is 75.4 Å². The second-order valence-electron chi connectivity index (χ2n) is 11.0. The zero-order valence-corrected chi connectivity index (χ0v) is 23.1. The summed E-state index contributed by atoms with van der Waals surface area (Å²) >= 11 is 6.15. The highest BCUT2D eigenvalue weighted by molar-refractivity contribution is 6.33. The van der Waals surface area contributed by atoms with Crippen molar-refractivity contribution >= 4 is 35.2 Å². The molecule has 0 atom stereocenters. The van der Waals surface area contributed by atoms with E-state index in [9.17, 15) is 22.8 Å². The first-order valence-electron chi connectivity index (χ1n) is 12.9. The zero-order valence-electron chi connectivity index (χ0n) is 22.3. The van der Waals surface area contributed by atoms with Gasteiger partial charge >= 0.3 is 12.2 Å². The number of tetrazole rings is 1. The Balaban J connectivity index is 0.00000462. The second kappa shape index (κ2) is 12.9. The van der Waals surface area contributed by atoms with E-state index in [1.54, 1.807) is 29.2 Å². The minimum absolute atomic E-state index is 0. The van der Waals surface area contributed by atoms with Crippen molar-refractivity contribution in [2.45, 2.75) is 72.6 Å². The largest absolute Gasteiger partial charge is 0.416 e. The van der Waals surface area contributed by atoms with Crippen LogP contribution in [0.3, 0.4) is 0 Å². The first kappa shape index (κ1) is 31.9. The van der Waals surface area contributed by atoms with E-state index < -0.39 is 23.7 Å². The van der Waals surface area contributed by atoms with Crippen molar-refractivity contribution in [2.24, 2.45) is 11.3 Å². The minimum Gasteiger partial charge on any atom is -0.317 e. The number of nitrogens with one attached hydrogen (secondary N) is 3. The van der Waals surface area contributed by atoms with Gasteiger partial charge in [0.05, 0.1) is 16.3 Å². The summed E-state index contributed by atoms with van der Waals surface area (Å²) in [6, 6.07) is 8.85. The number of carbonyl (C=O) groups excluding carboxylic acids is 2.